The number of carbonyl (C=O) groups is 1. The van der Waals surface area contributed by atoms with E-state index in [9.17, 15) is 4.79 Å². The van der Waals surface area contributed by atoms with Crippen molar-refractivity contribution in [2.24, 2.45) is 0 Å². The molecule has 0 atom stereocenters. The second-order valence-corrected chi connectivity index (χ2v) is 5.54. The fourth-order valence-electron chi connectivity index (χ4n) is 1.69. The first-order chi connectivity index (χ1) is 9.60. The number of rotatable bonds is 5. The van der Waals surface area contributed by atoms with E-state index in [-0.39, 0.29) is 5.91 Å². The molecule has 106 valence electrons. The van der Waals surface area contributed by atoms with Crippen molar-refractivity contribution in [1.29, 1.82) is 0 Å². The molecule has 1 aromatic heterocycles. The Balaban J connectivity index is 2.05. The van der Waals surface area contributed by atoms with Gasteiger partial charge in [0.15, 0.2) is 0 Å². The van der Waals surface area contributed by atoms with E-state index in [2.05, 4.69) is 10.3 Å². The molecule has 1 heterocycles. The molecule has 0 aliphatic carbocycles. The number of nitrogens with one attached hydrogen (secondary N) is 1. The van der Waals surface area contributed by atoms with Gasteiger partial charge in [-0.25, -0.2) is 4.98 Å². The Labute approximate surface area is 123 Å². The lowest BCUT2D eigenvalue weighted by atomic mass is 10.1. The summed E-state index contributed by atoms with van der Waals surface area (Å²) in [6, 6.07) is 8.08. The van der Waals surface area contributed by atoms with Crippen molar-refractivity contribution in [1.82, 2.24) is 10.3 Å². The first-order valence-electron chi connectivity index (χ1n) is 6.42. The smallest absolute Gasteiger partial charge is 0.229 e. The van der Waals surface area contributed by atoms with Gasteiger partial charge in [-0.1, -0.05) is 17.7 Å². The molecule has 0 spiro atoms. The molecule has 1 aromatic carbocycles. The molecule has 5 heteroatoms. The number of carbonyl (C=O) groups excluding carboxylic acids is 1. The number of benzene rings is 1. The van der Waals surface area contributed by atoms with Gasteiger partial charge in [0, 0.05) is 18.4 Å². The van der Waals surface area contributed by atoms with Crippen molar-refractivity contribution in [2.45, 2.75) is 19.6 Å². The SMILES string of the molecule is CNC(=O)CSCc1nc(-c2ccc(C)cc2)oc1C. The van der Waals surface area contributed by atoms with Crippen LogP contribution in [0, 0.1) is 13.8 Å². The van der Waals surface area contributed by atoms with E-state index >= 15 is 0 Å². The third-order valence-corrected chi connectivity index (χ3v) is 3.89. The van der Waals surface area contributed by atoms with Crippen molar-refractivity contribution in [3.8, 4) is 11.5 Å². The number of thioether (sulfide) groups is 1. The summed E-state index contributed by atoms with van der Waals surface area (Å²) in [4.78, 5) is 15.7. The summed E-state index contributed by atoms with van der Waals surface area (Å²) in [5, 5.41) is 2.60. The molecule has 0 aliphatic rings. The minimum Gasteiger partial charge on any atom is -0.441 e. The highest BCUT2D eigenvalue weighted by Gasteiger charge is 2.11. The molecule has 20 heavy (non-hydrogen) atoms. The highest BCUT2D eigenvalue weighted by molar-refractivity contribution is 7.99. The average Bonchev–Trinajstić information content (AvgIpc) is 2.81. The van der Waals surface area contributed by atoms with E-state index in [1.807, 2.05) is 38.1 Å². The molecule has 0 saturated heterocycles. The third-order valence-electron chi connectivity index (χ3n) is 2.94. The molecule has 2 rings (SSSR count). The highest BCUT2D eigenvalue weighted by atomic mass is 32.2. The normalized spacial score (nSPS) is 10.6. The van der Waals surface area contributed by atoms with Crippen LogP contribution in [0.4, 0.5) is 0 Å². The van der Waals surface area contributed by atoms with Crippen LogP contribution in [0.5, 0.6) is 0 Å². The molecule has 1 amide bonds. The fourth-order valence-corrected chi connectivity index (χ4v) is 2.59. The van der Waals surface area contributed by atoms with Gasteiger partial charge in [0.25, 0.3) is 0 Å². The number of hydrogen-bond acceptors (Lipinski definition) is 4. The van der Waals surface area contributed by atoms with Crippen LogP contribution in [-0.2, 0) is 10.5 Å². The summed E-state index contributed by atoms with van der Waals surface area (Å²) in [6.07, 6.45) is 0. The van der Waals surface area contributed by atoms with Crippen LogP contribution in [0.2, 0.25) is 0 Å². The van der Waals surface area contributed by atoms with E-state index in [0.29, 0.717) is 17.4 Å². The van der Waals surface area contributed by atoms with Crippen molar-refractivity contribution in [3.05, 3.63) is 41.3 Å². The number of aromatic nitrogens is 1. The minimum atomic E-state index is 0.0231. The van der Waals surface area contributed by atoms with E-state index < -0.39 is 0 Å². The zero-order valence-electron chi connectivity index (χ0n) is 11.9. The fraction of sp³-hybridized carbons (Fsp3) is 0.333. The second kappa shape index (κ2) is 6.61. The lowest BCUT2D eigenvalue weighted by molar-refractivity contribution is -0.118. The molecule has 0 saturated carbocycles. The summed E-state index contributed by atoms with van der Waals surface area (Å²) in [6.45, 7) is 3.95. The minimum absolute atomic E-state index is 0.0231. The van der Waals surface area contributed by atoms with Crippen molar-refractivity contribution in [2.75, 3.05) is 12.8 Å². The summed E-state index contributed by atoms with van der Waals surface area (Å²) in [5.41, 5.74) is 3.08. The van der Waals surface area contributed by atoms with Gasteiger partial charge in [-0.2, -0.15) is 0 Å². The number of amides is 1. The molecular formula is C15H18N2O2S. The Morgan fingerprint density at radius 2 is 2.00 bits per heavy atom. The number of hydrogen-bond donors (Lipinski definition) is 1. The van der Waals surface area contributed by atoms with Gasteiger partial charge >= 0.3 is 0 Å². The van der Waals surface area contributed by atoms with Crippen LogP contribution in [0.15, 0.2) is 28.7 Å². The Bertz CT molecular complexity index is 590. The van der Waals surface area contributed by atoms with E-state index in [1.165, 1.54) is 17.3 Å². The van der Waals surface area contributed by atoms with Crippen LogP contribution in [0.25, 0.3) is 11.5 Å². The monoisotopic (exact) mass is 290 g/mol. The van der Waals surface area contributed by atoms with Crippen molar-refractivity contribution >= 4 is 17.7 Å². The first-order valence-corrected chi connectivity index (χ1v) is 7.57. The Morgan fingerprint density at radius 1 is 1.30 bits per heavy atom. The quantitative estimate of drug-likeness (QED) is 0.920. The van der Waals surface area contributed by atoms with Gasteiger partial charge in [0.05, 0.1) is 11.4 Å². The van der Waals surface area contributed by atoms with Crippen molar-refractivity contribution < 1.29 is 9.21 Å². The van der Waals surface area contributed by atoms with E-state index in [0.717, 1.165) is 17.0 Å². The largest absolute Gasteiger partial charge is 0.441 e. The molecule has 0 radical (unpaired) electrons. The summed E-state index contributed by atoms with van der Waals surface area (Å²) >= 11 is 1.53. The van der Waals surface area contributed by atoms with Crippen LogP contribution in [0.1, 0.15) is 17.0 Å². The number of aryl methyl sites for hydroxylation is 2. The maximum absolute atomic E-state index is 11.2. The zero-order valence-corrected chi connectivity index (χ0v) is 12.7. The predicted octanol–water partition coefficient (Wildman–Crippen LogP) is 2.94. The predicted molar refractivity (Wildman–Crippen MR) is 81.6 cm³/mol. The van der Waals surface area contributed by atoms with Crippen LogP contribution < -0.4 is 5.32 Å². The van der Waals surface area contributed by atoms with Gasteiger partial charge in [0.2, 0.25) is 11.8 Å². The van der Waals surface area contributed by atoms with Crippen LogP contribution >= 0.6 is 11.8 Å². The first kappa shape index (κ1) is 14.7. The Hall–Kier alpha value is -1.75. The molecule has 0 bridgehead atoms. The van der Waals surface area contributed by atoms with Crippen LogP contribution in [-0.4, -0.2) is 23.7 Å². The van der Waals surface area contributed by atoms with Gasteiger partial charge in [-0.3, -0.25) is 4.79 Å². The van der Waals surface area contributed by atoms with E-state index in [1.54, 1.807) is 7.05 Å². The van der Waals surface area contributed by atoms with Gasteiger partial charge < -0.3 is 9.73 Å². The molecule has 2 aromatic rings. The topological polar surface area (TPSA) is 55.1 Å². The molecule has 1 N–H and O–H groups in total. The Kier molecular flexibility index (Phi) is 4.84. The van der Waals surface area contributed by atoms with Crippen LogP contribution in [0.3, 0.4) is 0 Å². The molecule has 0 unspecified atom stereocenters. The molecule has 0 fully saturated rings. The standard InChI is InChI=1S/C15H18N2O2S/c1-10-4-6-12(7-5-10)15-17-13(11(2)19-15)8-20-9-14(18)16-3/h4-7H,8-9H2,1-3H3,(H,16,18). The third kappa shape index (κ3) is 3.63. The maximum Gasteiger partial charge on any atom is 0.229 e. The Morgan fingerprint density at radius 3 is 2.65 bits per heavy atom. The zero-order chi connectivity index (χ0) is 14.5. The maximum atomic E-state index is 11.2. The van der Waals surface area contributed by atoms with Gasteiger partial charge in [-0.05, 0) is 26.0 Å². The lowest BCUT2D eigenvalue weighted by Crippen LogP contribution is -2.19. The van der Waals surface area contributed by atoms with Gasteiger partial charge in [0.1, 0.15) is 5.76 Å². The number of nitrogens with zero attached hydrogens (tertiary/aromatic N) is 1. The summed E-state index contributed by atoms with van der Waals surface area (Å²) < 4.78 is 5.70. The molecular weight excluding hydrogens is 272 g/mol. The lowest BCUT2D eigenvalue weighted by Gasteiger charge is -1.98. The molecule has 0 aliphatic heterocycles. The average molecular weight is 290 g/mol. The van der Waals surface area contributed by atoms with E-state index in [4.69, 9.17) is 4.42 Å². The number of oxazole rings is 1. The summed E-state index contributed by atoms with van der Waals surface area (Å²) in [5.74, 6) is 2.58. The highest BCUT2D eigenvalue weighted by Crippen LogP contribution is 2.24. The van der Waals surface area contributed by atoms with Crippen molar-refractivity contribution in [3.63, 3.8) is 0 Å². The van der Waals surface area contributed by atoms with Gasteiger partial charge in [-0.15, -0.1) is 11.8 Å². The molecule has 4 nitrogen and oxygen atoms in total. The second-order valence-electron chi connectivity index (χ2n) is 4.55. The summed E-state index contributed by atoms with van der Waals surface area (Å²) in [7, 11) is 1.64.